The third-order valence-corrected chi connectivity index (χ3v) is 7.13. The first-order valence-corrected chi connectivity index (χ1v) is 14.6. The van der Waals surface area contributed by atoms with Gasteiger partial charge in [-0.2, -0.15) is 0 Å². The molecule has 3 fully saturated rings. The van der Waals surface area contributed by atoms with E-state index in [2.05, 4.69) is 21.3 Å². The van der Waals surface area contributed by atoms with Gasteiger partial charge in [0.05, 0.1) is 12.1 Å². The average molecular weight is 566 g/mol. The maximum Gasteiger partial charge on any atom is 0.289 e. The lowest BCUT2D eigenvalue weighted by atomic mass is 9.95. The fourth-order valence-corrected chi connectivity index (χ4v) is 4.96. The lowest BCUT2D eigenvalue weighted by molar-refractivity contribution is -0.140. The van der Waals surface area contributed by atoms with Crippen molar-refractivity contribution >= 4 is 36.2 Å². The molecule has 0 aromatic rings. The Morgan fingerprint density at radius 1 is 1.02 bits per heavy atom. The van der Waals surface area contributed by atoms with E-state index < -0.39 is 17.7 Å². The van der Waals surface area contributed by atoms with Crippen LogP contribution >= 0.6 is 0 Å². The predicted molar refractivity (Wildman–Crippen MR) is 153 cm³/mol. The molecule has 228 valence electrons. The summed E-state index contributed by atoms with van der Waals surface area (Å²) in [5.74, 6) is -1.01. The van der Waals surface area contributed by atoms with Gasteiger partial charge in [-0.3, -0.25) is 24.0 Å². The fourth-order valence-electron chi connectivity index (χ4n) is 4.96. The van der Waals surface area contributed by atoms with Gasteiger partial charge in [0, 0.05) is 37.0 Å². The molecule has 2 heterocycles. The van der Waals surface area contributed by atoms with E-state index in [1.165, 1.54) is 38.5 Å². The second-order valence-corrected chi connectivity index (χ2v) is 12.2. The Balaban J connectivity index is 0.000000338. The number of amides is 4. The van der Waals surface area contributed by atoms with Crippen molar-refractivity contribution in [3.05, 3.63) is 0 Å². The molecule has 4 N–H and O–H groups in total. The highest BCUT2D eigenvalue weighted by molar-refractivity contribution is 6.38. The molecule has 3 unspecified atom stereocenters. The van der Waals surface area contributed by atoms with Gasteiger partial charge in [0.1, 0.15) is 6.29 Å². The van der Waals surface area contributed by atoms with Gasteiger partial charge in [-0.15, -0.1) is 0 Å². The maximum absolute atomic E-state index is 12.2. The minimum absolute atomic E-state index is 0.0885. The first-order chi connectivity index (χ1) is 18.8. The van der Waals surface area contributed by atoms with Crippen molar-refractivity contribution < 1.29 is 28.8 Å². The van der Waals surface area contributed by atoms with E-state index in [0.29, 0.717) is 31.2 Å². The summed E-state index contributed by atoms with van der Waals surface area (Å²) in [6, 6.07) is -1.03. The second-order valence-electron chi connectivity index (χ2n) is 12.2. The molecule has 0 radical (unpaired) electrons. The van der Waals surface area contributed by atoms with Crippen molar-refractivity contribution in [2.24, 2.45) is 17.3 Å². The van der Waals surface area contributed by atoms with Gasteiger partial charge in [0.25, 0.3) is 5.91 Å². The van der Waals surface area contributed by atoms with Crippen LogP contribution in [0.3, 0.4) is 0 Å². The number of nitrogens with zero attached hydrogens (tertiary/aromatic N) is 1. The van der Waals surface area contributed by atoms with Crippen LogP contribution in [0.2, 0.25) is 0 Å². The molecule has 11 heteroatoms. The zero-order valence-corrected chi connectivity index (χ0v) is 25.2. The minimum atomic E-state index is -0.954. The van der Waals surface area contributed by atoms with E-state index in [0.717, 1.165) is 19.4 Å². The van der Waals surface area contributed by atoms with Crippen LogP contribution in [-0.2, 0) is 28.8 Å². The standard InChI is InChI=1S/C12H19N3O4.C12H22N2O.C5H10O/c1-7(2)15-12(19)10(17)9(14-6-16)5-8-3-4-13-11(8)18;1-13-11(10-6-2-3-7-10)12(15)14-8-4-5-9-14;1-5(2,3)4-6/h6-9H,3-5H2,1-2H3,(H,13,18)(H,14,16)(H,15,19);10-11,13H,2-9H2,1H3;4H,1-3H3. The summed E-state index contributed by atoms with van der Waals surface area (Å²) >= 11 is 0. The Labute approximate surface area is 239 Å². The van der Waals surface area contributed by atoms with Crippen molar-refractivity contribution in [2.75, 3.05) is 26.7 Å². The maximum atomic E-state index is 12.2. The molecule has 4 amide bonds. The third-order valence-electron chi connectivity index (χ3n) is 7.13. The zero-order valence-electron chi connectivity index (χ0n) is 25.2. The Morgan fingerprint density at radius 2 is 1.60 bits per heavy atom. The van der Waals surface area contributed by atoms with E-state index in [1.54, 1.807) is 13.8 Å². The van der Waals surface area contributed by atoms with Crippen LogP contribution in [0.4, 0.5) is 0 Å². The molecule has 1 aliphatic carbocycles. The van der Waals surface area contributed by atoms with E-state index in [4.69, 9.17) is 0 Å². The number of rotatable bonds is 10. The largest absolute Gasteiger partial charge is 0.356 e. The number of ketones is 1. The predicted octanol–water partition coefficient (Wildman–Crippen LogP) is 1.34. The van der Waals surface area contributed by atoms with Crippen molar-refractivity contribution in [1.29, 1.82) is 0 Å². The van der Waals surface area contributed by atoms with Gasteiger partial charge in [0.2, 0.25) is 24.0 Å². The molecule has 1 saturated carbocycles. The van der Waals surface area contributed by atoms with Crippen LogP contribution < -0.4 is 21.3 Å². The zero-order chi connectivity index (χ0) is 30.3. The second kappa shape index (κ2) is 17.8. The van der Waals surface area contributed by atoms with Crippen LogP contribution in [0.25, 0.3) is 0 Å². The normalized spacial score (nSPS) is 20.3. The van der Waals surface area contributed by atoms with Crippen molar-refractivity contribution in [1.82, 2.24) is 26.2 Å². The number of hydrogen-bond acceptors (Lipinski definition) is 7. The quantitative estimate of drug-likeness (QED) is 0.230. The van der Waals surface area contributed by atoms with E-state index in [9.17, 15) is 28.8 Å². The number of likely N-dealkylation sites (tertiary alicyclic amines) is 1. The van der Waals surface area contributed by atoms with Crippen molar-refractivity contribution in [2.45, 2.75) is 104 Å². The van der Waals surface area contributed by atoms with Gasteiger partial charge in [-0.05, 0) is 65.3 Å². The van der Waals surface area contributed by atoms with Crippen LogP contribution in [0.5, 0.6) is 0 Å². The van der Waals surface area contributed by atoms with E-state index in [1.807, 2.05) is 32.7 Å². The molecule has 3 aliphatic rings. The monoisotopic (exact) mass is 565 g/mol. The number of nitrogens with one attached hydrogen (secondary N) is 4. The van der Waals surface area contributed by atoms with Crippen LogP contribution in [0.1, 0.15) is 86.0 Å². The van der Waals surface area contributed by atoms with E-state index in [-0.39, 0.29) is 35.7 Å². The summed E-state index contributed by atoms with van der Waals surface area (Å²) in [6.45, 7) is 11.6. The van der Waals surface area contributed by atoms with Crippen LogP contribution in [0.15, 0.2) is 0 Å². The lowest BCUT2D eigenvalue weighted by Crippen LogP contribution is -2.47. The summed E-state index contributed by atoms with van der Waals surface area (Å²) in [5, 5.41) is 10.7. The SMILES string of the molecule is CC(C)(C)C=O.CC(C)NC(=O)C(=O)C(CC1CCNC1=O)NC=O.CNC(C(=O)N1CCCC1)C1CCCC1. The third kappa shape index (κ3) is 12.6. The van der Waals surface area contributed by atoms with E-state index >= 15 is 0 Å². The van der Waals surface area contributed by atoms with Crippen LogP contribution in [-0.4, -0.2) is 85.9 Å². The molecular weight excluding hydrogens is 514 g/mol. The molecule has 2 saturated heterocycles. The molecule has 0 bridgehead atoms. The summed E-state index contributed by atoms with van der Waals surface area (Å²) in [5.41, 5.74) is -0.139. The molecular formula is C29H51N5O6. The summed E-state index contributed by atoms with van der Waals surface area (Å²) < 4.78 is 0. The molecule has 40 heavy (non-hydrogen) atoms. The smallest absolute Gasteiger partial charge is 0.289 e. The first-order valence-electron chi connectivity index (χ1n) is 14.6. The number of carbonyl (C=O) groups is 6. The molecule has 3 atom stereocenters. The Bertz CT molecular complexity index is 844. The topological polar surface area (TPSA) is 154 Å². The molecule has 11 nitrogen and oxygen atoms in total. The number of carbonyl (C=O) groups excluding carboxylic acids is 6. The Hall–Kier alpha value is -2.82. The van der Waals surface area contributed by atoms with Gasteiger partial charge in [0.15, 0.2) is 0 Å². The summed E-state index contributed by atoms with van der Waals surface area (Å²) in [7, 11) is 1.93. The highest BCUT2D eigenvalue weighted by atomic mass is 16.2. The molecule has 0 aromatic carbocycles. The van der Waals surface area contributed by atoms with Crippen molar-refractivity contribution in [3.8, 4) is 0 Å². The number of hydrogen-bond donors (Lipinski definition) is 4. The first kappa shape index (κ1) is 35.2. The summed E-state index contributed by atoms with van der Waals surface area (Å²) in [6.07, 6.45) is 9.50. The van der Waals surface area contributed by atoms with Crippen molar-refractivity contribution in [3.63, 3.8) is 0 Å². The lowest BCUT2D eigenvalue weighted by Gasteiger charge is -2.27. The highest BCUT2D eigenvalue weighted by Crippen LogP contribution is 2.29. The van der Waals surface area contributed by atoms with Gasteiger partial charge >= 0.3 is 0 Å². The fraction of sp³-hybridized carbons (Fsp3) is 0.793. The molecule has 0 spiro atoms. The minimum Gasteiger partial charge on any atom is -0.356 e. The van der Waals surface area contributed by atoms with Crippen LogP contribution in [0, 0.1) is 17.3 Å². The highest BCUT2D eigenvalue weighted by Gasteiger charge is 2.34. The molecule has 2 aliphatic heterocycles. The number of likely N-dealkylation sites (N-methyl/N-ethyl adjacent to an activating group) is 1. The number of aldehydes is 1. The van der Waals surface area contributed by atoms with Gasteiger partial charge in [-0.25, -0.2) is 0 Å². The molecule has 3 rings (SSSR count). The number of Topliss-reactive ketones (excluding diaryl/α,β-unsaturated/α-hetero) is 1. The average Bonchev–Trinajstić information content (AvgIpc) is 3.68. The van der Waals surface area contributed by atoms with Gasteiger partial charge < -0.3 is 31.0 Å². The molecule has 0 aromatic heterocycles. The van der Waals surface area contributed by atoms with Gasteiger partial charge in [-0.1, -0.05) is 33.6 Å². The Morgan fingerprint density at radius 3 is 2.02 bits per heavy atom. The summed E-state index contributed by atoms with van der Waals surface area (Å²) in [4.78, 5) is 69.6. The Kier molecular flexibility index (Phi) is 15.7.